The van der Waals surface area contributed by atoms with Crippen molar-refractivity contribution in [1.82, 2.24) is 0 Å². The fraction of sp³-hybridized carbons (Fsp3) is 0.231. The number of nitrogens with zero attached hydrogens (tertiary/aromatic N) is 2. The topological polar surface area (TPSA) is 72.4 Å². The van der Waals surface area contributed by atoms with E-state index in [0.717, 1.165) is 43.2 Å². The first-order chi connectivity index (χ1) is 16.6. The second-order valence-electron chi connectivity index (χ2n) is 7.63. The molecule has 8 heteroatoms. The Hall–Kier alpha value is -3.91. The van der Waals surface area contributed by atoms with E-state index in [9.17, 15) is 9.18 Å². The van der Waals surface area contributed by atoms with Crippen molar-refractivity contribution in [3.05, 3.63) is 78.1 Å². The van der Waals surface area contributed by atoms with Gasteiger partial charge in [0.1, 0.15) is 5.82 Å². The molecule has 0 bridgehead atoms. The number of halogens is 1. The molecule has 1 amide bonds. The number of methoxy groups -OCH3 is 1. The molecule has 1 heterocycles. The summed E-state index contributed by atoms with van der Waals surface area (Å²) in [5.74, 6) is 0.192. The van der Waals surface area contributed by atoms with E-state index < -0.39 is 0 Å². The summed E-state index contributed by atoms with van der Waals surface area (Å²) in [5.41, 5.74) is 3.33. The molecule has 0 atom stereocenters. The molecule has 1 N–H and O–H groups in total. The third-order valence-electron chi connectivity index (χ3n) is 5.26. The number of rotatable bonds is 8. The molecule has 4 rings (SSSR count). The predicted molar refractivity (Wildman–Crippen MR) is 130 cm³/mol. The second kappa shape index (κ2) is 11.3. The van der Waals surface area contributed by atoms with E-state index >= 15 is 0 Å². The highest BCUT2D eigenvalue weighted by Crippen LogP contribution is 2.28. The number of carbonyl (C=O) groups is 1. The molecule has 0 spiro atoms. The molecule has 3 aromatic carbocycles. The smallest absolute Gasteiger partial charge is 0.262 e. The predicted octanol–water partition coefficient (Wildman–Crippen LogP) is 4.44. The lowest BCUT2D eigenvalue weighted by Crippen LogP contribution is -2.36. The fourth-order valence-electron chi connectivity index (χ4n) is 3.48. The SMILES string of the molecule is COc1cc(C=Nc2ccc(N3CCOCC3)cc2)ccc1OCC(=O)Nc1ccc(F)cc1. The number of ether oxygens (including phenoxy) is 3. The quantitative estimate of drug-likeness (QED) is 0.500. The van der Waals surface area contributed by atoms with Crippen molar-refractivity contribution in [2.75, 3.05) is 50.2 Å². The van der Waals surface area contributed by atoms with Crippen molar-refractivity contribution in [3.8, 4) is 11.5 Å². The normalized spacial score (nSPS) is 13.6. The molecule has 0 saturated carbocycles. The number of morpholine rings is 1. The molecule has 0 aliphatic carbocycles. The summed E-state index contributed by atoms with van der Waals surface area (Å²) in [6.07, 6.45) is 1.75. The first-order valence-electron chi connectivity index (χ1n) is 10.9. The summed E-state index contributed by atoms with van der Waals surface area (Å²) in [5, 5.41) is 2.65. The van der Waals surface area contributed by atoms with Gasteiger partial charge in [-0.15, -0.1) is 0 Å². The van der Waals surface area contributed by atoms with Crippen molar-refractivity contribution < 1.29 is 23.4 Å². The van der Waals surface area contributed by atoms with Crippen LogP contribution in [0.2, 0.25) is 0 Å². The van der Waals surface area contributed by atoms with Gasteiger partial charge in [0.25, 0.3) is 5.91 Å². The lowest BCUT2D eigenvalue weighted by molar-refractivity contribution is -0.118. The van der Waals surface area contributed by atoms with Crippen LogP contribution in [0.5, 0.6) is 11.5 Å². The Kier molecular flexibility index (Phi) is 7.72. The van der Waals surface area contributed by atoms with Crippen LogP contribution in [0, 0.1) is 5.82 Å². The Morgan fingerprint density at radius 2 is 1.79 bits per heavy atom. The third kappa shape index (κ3) is 6.32. The molecule has 0 radical (unpaired) electrons. The van der Waals surface area contributed by atoms with Crippen LogP contribution in [0.1, 0.15) is 5.56 Å². The van der Waals surface area contributed by atoms with Crippen LogP contribution in [0.25, 0.3) is 0 Å². The minimum Gasteiger partial charge on any atom is -0.493 e. The number of benzene rings is 3. The second-order valence-corrected chi connectivity index (χ2v) is 7.63. The van der Waals surface area contributed by atoms with E-state index in [0.29, 0.717) is 17.2 Å². The molecule has 3 aromatic rings. The summed E-state index contributed by atoms with van der Waals surface area (Å²) in [6.45, 7) is 3.08. The maximum atomic E-state index is 13.0. The first kappa shape index (κ1) is 23.3. The highest BCUT2D eigenvalue weighted by atomic mass is 19.1. The number of aliphatic imine (C=N–C) groups is 1. The van der Waals surface area contributed by atoms with Gasteiger partial charge in [0, 0.05) is 30.7 Å². The van der Waals surface area contributed by atoms with Gasteiger partial charge in [-0.1, -0.05) is 0 Å². The molecule has 0 unspecified atom stereocenters. The average molecular weight is 464 g/mol. The number of anilines is 2. The minimum absolute atomic E-state index is 0.212. The van der Waals surface area contributed by atoms with Crippen molar-refractivity contribution in [3.63, 3.8) is 0 Å². The zero-order valence-corrected chi connectivity index (χ0v) is 18.9. The number of carbonyl (C=O) groups excluding carboxylic acids is 1. The zero-order chi connectivity index (χ0) is 23.8. The first-order valence-corrected chi connectivity index (χ1v) is 10.9. The van der Waals surface area contributed by atoms with E-state index in [1.165, 1.54) is 31.4 Å². The number of hydrogen-bond donors (Lipinski definition) is 1. The average Bonchev–Trinajstić information content (AvgIpc) is 2.88. The molecule has 7 nitrogen and oxygen atoms in total. The lowest BCUT2D eigenvalue weighted by atomic mass is 10.2. The summed E-state index contributed by atoms with van der Waals surface area (Å²) in [7, 11) is 1.53. The van der Waals surface area contributed by atoms with Gasteiger partial charge in [-0.3, -0.25) is 9.79 Å². The van der Waals surface area contributed by atoms with Gasteiger partial charge in [0.15, 0.2) is 18.1 Å². The van der Waals surface area contributed by atoms with Gasteiger partial charge in [-0.25, -0.2) is 4.39 Å². The van der Waals surface area contributed by atoms with E-state index in [4.69, 9.17) is 14.2 Å². The van der Waals surface area contributed by atoms with Crippen molar-refractivity contribution >= 4 is 29.2 Å². The van der Waals surface area contributed by atoms with E-state index in [2.05, 4.69) is 27.3 Å². The largest absolute Gasteiger partial charge is 0.493 e. The molecule has 1 saturated heterocycles. The number of hydrogen-bond acceptors (Lipinski definition) is 6. The van der Waals surface area contributed by atoms with Gasteiger partial charge in [0.2, 0.25) is 0 Å². The Labute approximate surface area is 197 Å². The maximum Gasteiger partial charge on any atom is 0.262 e. The Balaban J connectivity index is 1.34. The summed E-state index contributed by atoms with van der Waals surface area (Å²) in [6, 6.07) is 19.0. The molecule has 1 aliphatic rings. The monoisotopic (exact) mass is 463 g/mol. The Morgan fingerprint density at radius 1 is 1.06 bits per heavy atom. The highest BCUT2D eigenvalue weighted by molar-refractivity contribution is 5.92. The molecular formula is C26H26FN3O4. The van der Waals surface area contributed by atoms with Gasteiger partial charge in [-0.05, 0) is 72.3 Å². The summed E-state index contributed by atoms with van der Waals surface area (Å²) in [4.78, 5) is 19.0. The van der Waals surface area contributed by atoms with Crippen LogP contribution in [0.3, 0.4) is 0 Å². The van der Waals surface area contributed by atoms with Crippen molar-refractivity contribution in [1.29, 1.82) is 0 Å². The summed E-state index contributed by atoms with van der Waals surface area (Å²) < 4.78 is 29.4. The van der Waals surface area contributed by atoms with Gasteiger partial charge in [0.05, 0.1) is 26.0 Å². The minimum atomic E-state index is -0.368. The van der Waals surface area contributed by atoms with Gasteiger partial charge < -0.3 is 24.4 Å². The zero-order valence-electron chi connectivity index (χ0n) is 18.9. The van der Waals surface area contributed by atoms with Crippen LogP contribution in [-0.4, -0.2) is 52.1 Å². The third-order valence-corrected chi connectivity index (χ3v) is 5.26. The van der Waals surface area contributed by atoms with Crippen molar-refractivity contribution in [2.45, 2.75) is 0 Å². The van der Waals surface area contributed by atoms with Crippen LogP contribution in [0.4, 0.5) is 21.5 Å². The molecular weight excluding hydrogens is 437 g/mol. The Morgan fingerprint density at radius 3 is 2.50 bits per heavy atom. The fourth-order valence-corrected chi connectivity index (χ4v) is 3.48. The summed E-state index contributed by atoms with van der Waals surface area (Å²) >= 11 is 0. The molecule has 176 valence electrons. The molecule has 34 heavy (non-hydrogen) atoms. The standard InChI is InChI=1S/C26H26FN3O4/c1-32-25-16-19(17-28-21-7-9-23(10-8-21)30-12-14-33-15-13-30)2-11-24(25)34-18-26(31)29-22-5-3-20(27)4-6-22/h2-11,16-17H,12-15,18H2,1H3,(H,29,31). The molecule has 0 aromatic heterocycles. The van der Waals surface area contributed by atoms with Crippen LogP contribution in [0.15, 0.2) is 71.7 Å². The lowest BCUT2D eigenvalue weighted by Gasteiger charge is -2.28. The van der Waals surface area contributed by atoms with E-state index in [-0.39, 0.29) is 18.3 Å². The highest BCUT2D eigenvalue weighted by Gasteiger charge is 2.11. The Bertz CT molecular complexity index is 1130. The molecule has 1 aliphatic heterocycles. The molecule has 1 fully saturated rings. The van der Waals surface area contributed by atoms with Gasteiger partial charge in [-0.2, -0.15) is 0 Å². The van der Waals surface area contributed by atoms with E-state index in [1.54, 1.807) is 18.3 Å². The van der Waals surface area contributed by atoms with Crippen LogP contribution < -0.4 is 19.7 Å². The van der Waals surface area contributed by atoms with Crippen molar-refractivity contribution in [2.24, 2.45) is 4.99 Å². The van der Waals surface area contributed by atoms with Gasteiger partial charge >= 0.3 is 0 Å². The number of amides is 1. The van der Waals surface area contributed by atoms with Crippen LogP contribution >= 0.6 is 0 Å². The maximum absolute atomic E-state index is 13.0. The number of nitrogens with one attached hydrogen (secondary N) is 1. The van der Waals surface area contributed by atoms with E-state index in [1.807, 2.05) is 18.2 Å². The van der Waals surface area contributed by atoms with Crippen LogP contribution in [-0.2, 0) is 9.53 Å².